The molecule has 2 heterocycles. The molecule has 4 nitrogen and oxygen atoms in total. The van der Waals surface area contributed by atoms with Gasteiger partial charge in [-0.15, -0.1) is 24.8 Å². The van der Waals surface area contributed by atoms with E-state index in [1.807, 2.05) is 23.1 Å². The zero-order valence-electron chi connectivity index (χ0n) is 12.0. The minimum absolute atomic E-state index is 0. The lowest BCUT2D eigenvalue weighted by molar-refractivity contribution is 0.0372. The van der Waals surface area contributed by atoms with Crippen LogP contribution < -0.4 is 5.73 Å². The van der Waals surface area contributed by atoms with Crippen molar-refractivity contribution < 1.29 is 4.79 Å². The minimum atomic E-state index is 0. The Kier molecular flexibility index (Phi) is 6.78. The monoisotopic (exact) mass is 331 g/mol. The Morgan fingerprint density at radius 1 is 1.14 bits per heavy atom. The Balaban J connectivity index is 0.00000110. The molecule has 1 aromatic carbocycles. The van der Waals surface area contributed by atoms with Crippen LogP contribution in [-0.4, -0.2) is 47.9 Å². The Labute approximate surface area is 138 Å². The molecule has 3 rings (SSSR count). The van der Waals surface area contributed by atoms with Gasteiger partial charge in [0.25, 0.3) is 5.91 Å². The number of nitrogens with two attached hydrogens (primary N) is 1. The van der Waals surface area contributed by atoms with Crippen LogP contribution in [0.3, 0.4) is 0 Å². The quantitative estimate of drug-likeness (QED) is 0.804. The van der Waals surface area contributed by atoms with Crippen molar-refractivity contribution in [2.45, 2.75) is 25.3 Å². The fraction of sp³-hybridized carbons (Fsp3) is 0.533. The molecule has 1 amide bonds. The molecule has 2 aliphatic rings. The van der Waals surface area contributed by atoms with E-state index >= 15 is 0 Å². The van der Waals surface area contributed by atoms with Gasteiger partial charge in [0.2, 0.25) is 0 Å². The van der Waals surface area contributed by atoms with Crippen molar-refractivity contribution >= 4 is 36.4 Å². The third-order valence-electron chi connectivity index (χ3n) is 4.26. The SMILES string of the molecule is Cl.Cl.Nc1cccc(C(=O)N2CCN3CCCCC3C2)c1. The van der Waals surface area contributed by atoms with Gasteiger partial charge in [-0.25, -0.2) is 0 Å². The number of rotatable bonds is 1. The molecule has 6 heteroatoms. The first-order chi connectivity index (χ1) is 9.24. The number of hydrogen-bond donors (Lipinski definition) is 1. The van der Waals surface area contributed by atoms with E-state index in [9.17, 15) is 4.79 Å². The number of carbonyl (C=O) groups excluding carboxylic acids is 1. The number of hydrogen-bond acceptors (Lipinski definition) is 3. The maximum absolute atomic E-state index is 12.5. The largest absolute Gasteiger partial charge is 0.399 e. The normalized spacial score (nSPS) is 21.7. The van der Waals surface area contributed by atoms with Gasteiger partial charge in [-0.05, 0) is 37.6 Å². The van der Waals surface area contributed by atoms with Crippen molar-refractivity contribution in [3.63, 3.8) is 0 Å². The lowest BCUT2D eigenvalue weighted by Crippen LogP contribution is -2.56. The highest BCUT2D eigenvalue weighted by Crippen LogP contribution is 2.22. The van der Waals surface area contributed by atoms with Gasteiger partial charge >= 0.3 is 0 Å². The van der Waals surface area contributed by atoms with Crippen molar-refractivity contribution in [3.8, 4) is 0 Å². The predicted molar refractivity (Wildman–Crippen MR) is 90.5 cm³/mol. The van der Waals surface area contributed by atoms with Crippen LogP contribution in [-0.2, 0) is 0 Å². The molecule has 0 saturated carbocycles. The zero-order valence-corrected chi connectivity index (χ0v) is 13.7. The lowest BCUT2D eigenvalue weighted by Gasteiger charge is -2.44. The van der Waals surface area contributed by atoms with Crippen molar-refractivity contribution in [1.29, 1.82) is 0 Å². The average Bonchev–Trinajstić information content (AvgIpc) is 2.46. The summed E-state index contributed by atoms with van der Waals surface area (Å²) >= 11 is 0. The standard InChI is InChI=1S/C15H21N3O.2ClH/c16-13-5-3-4-12(10-13)15(19)18-9-8-17-7-2-1-6-14(17)11-18;;/h3-5,10,14H,1-2,6-9,11,16H2;2*1H. The van der Waals surface area contributed by atoms with Crippen molar-refractivity contribution in [1.82, 2.24) is 9.80 Å². The summed E-state index contributed by atoms with van der Waals surface area (Å²) in [5.41, 5.74) is 7.12. The number of benzene rings is 1. The van der Waals surface area contributed by atoms with Gasteiger partial charge in [0.15, 0.2) is 0 Å². The van der Waals surface area contributed by atoms with Crippen LogP contribution in [0.15, 0.2) is 24.3 Å². The number of nitrogens with zero attached hydrogens (tertiary/aromatic N) is 2. The number of nitrogen functional groups attached to an aromatic ring is 1. The molecule has 21 heavy (non-hydrogen) atoms. The summed E-state index contributed by atoms with van der Waals surface area (Å²) in [5, 5.41) is 0. The van der Waals surface area contributed by atoms with Gasteiger partial charge in [0.05, 0.1) is 0 Å². The maximum Gasteiger partial charge on any atom is 0.254 e. The molecule has 0 radical (unpaired) electrons. The molecular weight excluding hydrogens is 309 g/mol. The Morgan fingerprint density at radius 3 is 2.71 bits per heavy atom. The Bertz CT molecular complexity index is 484. The molecule has 2 saturated heterocycles. The molecule has 1 aromatic rings. The third-order valence-corrected chi connectivity index (χ3v) is 4.26. The molecule has 0 aliphatic carbocycles. The van der Waals surface area contributed by atoms with Crippen LogP contribution in [0.2, 0.25) is 0 Å². The van der Waals surface area contributed by atoms with Crippen LogP contribution in [0.25, 0.3) is 0 Å². The van der Waals surface area contributed by atoms with Gasteiger partial charge in [0.1, 0.15) is 0 Å². The maximum atomic E-state index is 12.5. The second-order valence-electron chi connectivity index (χ2n) is 5.56. The Morgan fingerprint density at radius 2 is 1.95 bits per heavy atom. The Hall–Kier alpha value is -0.970. The molecule has 1 unspecified atom stereocenters. The first-order valence-electron chi connectivity index (χ1n) is 7.13. The molecule has 2 aliphatic heterocycles. The van der Waals surface area contributed by atoms with E-state index < -0.39 is 0 Å². The summed E-state index contributed by atoms with van der Waals surface area (Å²) < 4.78 is 0. The summed E-state index contributed by atoms with van der Waals surface area (Å²) in [6, 6.07) is 7.85. The predicted octanol–water partition coefficient (Wildman–Crippen LogP) is 2.42. The highest BCUT2D eigenvalue weighted by Gasteiger charge is 2.31. The number of fused-ring (bicyclic) bond motifs is 1. The second-order valence-corrected chi connectivity index (χ2v) is 5.56. The van der Waals surface area contributed by atoms with E-state index in [-0.39, 0.29) is 30.7 Å². The van der Waals surface area contributed by atoms with Crippen LogP contribution >= 0.6 is 24.8 Å². The molecule has 0 bridgehead atoms. The number of anilines is 1. The highest BCUT2D eigenvalue weighted by atomic mass is 35.5. The zero-order chi connectivity index (χ0) is 13.2. The van der Waals surface area contributed by atoms with Crippen LogP contribution in [0.1, 0.15) is 29.6 Å². The van der Waals surface area contributed by atoms with Crippen LogP contribution in [0.4, 0.5) is 5.69 Å². The van der Waals surface area contributed by atoms with Crippen LogP contribution in [0.5, 0.6) is 0 Å². The van der Waals surface area contributed by atoms with Gasteiger partial charge < -0.3 is 10.6 Å². The number of amides is 1. The number of piperidine rings is 1. The van der Waals surface area contributed by atoms with Crippen molar-refractivity contribution in [3.05, 3.63) is 29.8 Å². The van der Waals surface area contributed by atoms with Gasteiger partial charge in [-0.2, -0.15) is 0 Å². The van der Waals surface area contributed by atoms with Gasteiger partial charge in [-0.3, -0.25) is 9.69 Å². The summed E-state index contributed by atoms with van der Waals surface area (Å²) in [6.45, 7) is 3.92. The number of halogens is 2. The molecule has 2 N–H and O–H groups in total. The molecule has 118 valence electrons. The van der Waals surface area contributed by atoms with E-state index in [0.29, 0.717) is 17.3 Å². The number of piperazine rings is 1. The van der Waals surface area contributed by atoms with Crippen molar-refractivity contribution in [2.75, 3.05) is 31.9 Å². The van der Waals surface area contributed by atoms with E-state index in [1.54, 1.807) is 6.07 Å². The smallest absolute Gasteiger partial charge is 0.254 e. The highest BCUT2D eigenvalue weighted by molar-refractivity contribution is 5.95. The minimum Gasteiger partial charge on any atom is -0.399 e. The number of carbonyl (C=O) groups is 1. The summed E-state index contributed by atoms with van der Waals surface area (Å²) in [6.07, 6.45) is 3.82. The average molecular weight is 332 g/mol. The molecule has 0 spiro atoms. The molecular formula is C15H23Cl2N3O. The fourth-order valence-corrected chi connectivity index (χ4v) is 3.19. The van der Waals surface area contributed by atoms with E-state index in [2.05, 4.69) is 4.90 Å². The summed E-state index contributed by atoms with van der Waals surface area (Å²) in [5.74, 6) is 0.123. The molecule has 1 atom stereocenters. The van der Waals surface area contributed by atoms with Gasteiger partial charge in [-0.1, -0.05) is 12.5 Å². The topological polar surface area (TPSA) is 49.6 Å². The first kappa shape index (κ1) is 18.1. The first-order valence-corrected chi connectivity index (χ1v) is 7.13. The van der Waals surface area contributed by atoms with Crippen LogP contribution in [0, 0.1) is 0 Å². The molecule has 0 aromatic heterocycles. The summed E-state index contributed by atoms with van der Waals surface area (Å²) in [4.78, 5) is 17.0. The van der Waals surface area contributed by atoms with E-state index in [4.69, 9.17) is 5.73 Å². The fourth-order valence-electron chi connectivity index (χ4n) is 3.19. The lowest BCUT2D eigenvalue weighted by atomic mass is 9.99. The third kappa shape index (κ3) is 4.02. The van der Waals surface area contributed by atoms with E-state index in [1.165, 1.54) is 25.8 Å². The summed E-state index contributed by atoms with van der Waals surface area (Å²) in [7, 11) is 0. The van der Waals surface area contributed by atoms with E-state index in [0.717, 1.165) is 19.6 Å². The molecule has 2 fully saturated rings. The van der Waals surface area contributed by atoms with Gasteiger partial charge in [0, 0.05) is 36.9 Å². The van der Waals surface area contributed by atoms with Crippen molar-refractivity contribution in [2.24, 2.45) is 0 Å². The second kappa shape index (κ2) is 7.87.